The van der Waals surface area contributed by atoms with Crippen LogP contribution in [0, 0.1) is 0 Å². The van der Waals surface area contributed by atoms with Crippen molar-refractivity contribution in [1.82, 2.24) is 10.3 Å². The molecule has 4 nitrogen and oxygen atoms in total. The van der Waals surface area contributed by atoms with Crippen LogP contribution in [0.25, 0.3) is 0 Å². The molecule has 1 rings (SSSR count). The summed E-state index contributed by atoms with van der Waals surface area (Å²) >= 11 is 0. The Balaban J connectivity index is 2.62. The number of amides is 1. The summed E-state index contributed by atoms with van der Waals surface area (Å²) in [5.41, 5.74) is 6.36. The number of hydrogen-bond acceptors (Lipinski definition) is 3. The third-order valence-corrected chi connectivity index (χ3v) is 2.27. The first-order valence-electron chi connectivity index (χ1n) is 5.37. The van der Waals surface area contributed by atoms with Crippen molar-refractivity contribution in [2.24, 2.45) is 5.73 Å². The van der Waals surface area contributed by atoms with Crippen LogP contribution in [-0.4, -0.2) is 22.5 Å². The maximum Gasteiger partial charge on any atom is 0.237 e. The highest BCUT2D eigenvalue weighted by molar-refractivity contribution is 5.81. The van der Waals surface area contributed by atoms with Crippen molar-refractivity contribution in [2.45, 2.75) is 38.8 Å². The Hall–Kier alpha value is -1.42. The van der Waals surface area contributed by atoms with Gasteiger partial charge in [-0.2, -0.15) is 0 Å². The molecule has 0 radical (unpaired) electrons. The van der Waals surface area contributed by atoms with Gasteiger partial charge in [-0.25, -0.2) is 0 Å². The fourth-order valence-corrected chi connectivity index (χ4v) is 1.50. The summed E-state index contributed by atoms with van der Waals surface area (Å²) in [4.78, 5) is 15.5. The monoisotopic (exact) mass is 221 g/mol. The number of hydrogen-bond donors (Lipinski definition) is 2. The maximum atomic E-state index is 11.5. The van der Waals surface area contributed by atoms with Gasteiger partial charge in [-0.3, -0.25) is 9.78 Å². The molecule has 0 unspecified atom stereocenters. The van der Waals surface area contributed by atoms with E-state index in [4.69, 9.17) is 5.73 Å². The van der Waals surface area contributed by atoms with Crippen molar-refractivity contribution in [3.63, 3.8) is 0 Å². The van der Waals surface area contributed by atoms with Gasteiger partial charge < -0.3 is 11.1 Å². The summed E-state index contributed by atoms with van der Waals surface area (Å²) in [6.07, 6.45) is 4.26. The average molecular weight is 221 g/mol. The van der Waals surface area contributed by atoms with E-state index in [9.17, 15) is 4.79 Å². The van der Waals surface area contributed by atoms with Crippen LogP contribution < -0.4 is 11.1 Å². The normalized spacial score (nSPS) is 13.2. The molecule has 1 aromatic rings. The molecule has 88 valence electrons. The molecule has 1 aromatic heterocycles. The third-order valence-electron chi connectivity index (χ3n) is 2.27. The van der Waals surface area contributed by atoms with Crippen molar-refractivity contribution in [1.29, 1.82) is 0 Å². The van der Waals surface area contributed by atoms with E-state index in [0.29, 0.717) is 0 Å². The number of pyridine rings is 1. The Bertz CT molecular complexity index is 347. The van der Waals surface area contributed by atoms with Gasteiger partial charge in [0.05, 0.1) is 6.04 Å². The average Bonchev–Trinajstić information content (AvgIpc) is 2.17. The highest BCUT2D eigenvalue weighted by Crippen LogP contribution is 2.11. The molecule has 16 heavy (non-hydrogen) atoms. The van der Waals surface area contributed by atoms with Crippen LogP contribution in [0.2, 0.25) is 0 Å². The summed E-state index contributed by atoms with van der Waals surface area (Å²) in [6.45, 7) is 5.64. The Morgan fingerprint density at radius 2 is 2.06 bits per heavy atom. The van der Waals surface area contributed by atoms with Gasteiger partial charge in [0, 0.05) is 17.9 Å². The second-order valence-corrected chi connectivity index (χ2v) is 4.69. The molecular weight excluding hydrogens is 202 g/mol. The number of nitrogens with zero attached hydrogens (tertiary/aromatic N) is 1. The standard InChI is InChI=1S/C12H19N3O/c1-9(13)11(16)15-12(2,3)8-10-4-6-14-7-5-10/h4-7,9H,8,13H2,1-3H3,(H,15,16)/t9-/m0/s1. The molecular formula is C12H19N3O. The van der Waals surface area contributed by atoms with Crippen molar-refractivity contribution in [2.75, 3.05) is 0 Å². The molecule has 0 bridgehead atoms. The van der Waals surface area contributed by atoms with E-state index >= 15 is 0 Å². The molecule has 0 aliphatic heterocycles. The molecule has 1 amide bonds. The van der Waals surface area contributed by atoms with Crippen LogP contribution >= 0.6 is 0 Å². The minimum absolute atomic E-state index is 0.126. The van der Waals surface area contributed by atoms with Gasteiger partial charge in [-0.15, -0.1) is 0 Å². The first-order chi connectivity index (χ1) is 7.41. The Kier molecular flexibility index (Phi) is 4.01. The van der Waals surface area contributed by atoms with E-state index in [1.165, 1.54) is 0 Å². The van der Waals surface area contributed by atoms with Crippen LogP contribution in [0.15, 0.2) is 24.5 Å². The van der Waals surface area contributed by atoms with E-state index < -0.39 is 6.04 Å². The Labute approximate surface area is 96.3 Å². The van der Waals surface area contributed by atoms with E-state index in [0.717, 1.165) is 12.0 Å². The van der Waals surface area contributed by atoms with Gasteiger partial charge in [0.2, 0.25) is 5.91 Å². The highest BCUT2D eigenvalue weighted by atomic mass is 16.2. The van der Waals surface area contributed by atoms with Crippen molar-refractivity contribution < 1.29 is 4.79 Å². The lowest BCUT2D eigenvalue weighted by Gasteiger charge is -2.27. The Morgan fingerprint density at radius 1 is 1.50 bits per heavy atom. The quantitative estimate of drug-likeness (QED) is 0.792. The Morgan fingerprint density at radius 3 is 2.56 bits per heavy atom. The van der Waals surface area contributed by atoms with Crippen LogP contribution in [-0.2, 0) is 11.2 Å². The second-order valence-electron chi connectivity index (χ2n) is 4.69. The number of nitrogens with two attached hydrogens (primary N) is 1. The summed E-state index contributed by atoms with van der Waals surface area (Å²) in [5.74, 6) is -0.126. The summed E-state index contributed by atoms with van der Waals surface area (Å²) in [7, 11) is 0. The topological polar surface area (TPSA) is 68.0 Å². The predicted octanol–water partition coefficient (Wildman–Crippen LogP) is 0.866. The zero-order chi connectivity index (χ0) is 12.2. The molecule has 3 N–H and O–H groups in total. The number of aromatic nitrogens is 1. The summed E-state index contributed by atoms with van der Waals surface area (Å²) in [5, 5.41) is 2.92. The van der Waals surface area contributed by atoms with E-state index in [-0.39, 0.29) is 11.4 Å². The maximum absolute atomic E-state index is 11.5. The lowest BCUT2D eigenvalue weighted by Crippen LogP contribution is -2.50. The van der Waals surface area contributed by atoms with Crippen LogP contribution in [0.3, 0.4) is 0 Å². The zero-order valence-corrected chi connectivity index (χ0v) is 10.0. The lowest BCUT2D eigenvalue weighted by atomic mass is 9.95. The van der Waals surface area contributed by atoms with Crippen molar-refractivity contribution >= 4 is 5.91 Å². The molecule has 4 heteroatoms. The fourth-order valence-electron chi connectivity index (χ4n) is 1.50. The number of nitrogens with one attached hydrogen (secondary N) is 1. The van der Waals surface area contributed by atoms with E-state index in [1.807, 2.05) is 26.0 Å². The van der Waals surface area contributed by atoms with Crippen LogP contribution in [0.1, 0.15) is 26.3 Å². The first kappa shape index (κ1) is 12.6. The largest absolute Gasteiger partial charge is 0.350 e. The predicted molar refractivity (Wildman–Crippen MR) is 63.8 cm³/mol. The molecule has 0 aliphatic rings. The van der Waals surface area contributed by atoms with Crippen LogP contribution in [0.4, 0.5) is 0 Å². The summed E-state index contributed by atoms with van der Waals surface area (Å²) in [6, 6.07) is 3.41. The minimum Gasteiger partial charge on any atom is -0.350 e. The smallest absolute Gasteiger partial charge is 0.237 e. The van der Waals surface area contributed by atoms with E-state index in [2.05, 4.69) is 10.3 Å². The number of carbonyl (C=O) groups is 1. The molecule has 0 saturated carbocycles. The third kappa shape index (κ3) is 3.98. The van der Waals surface area contributed by atoms with Crippen molar-refractivity contribution in [3.8, 4) is 0 Å². The molecule has 1 atom stereocenters. The van der Waals surface area contributed by atoms with Gasteiger partial charge in [0.15, 0.2) is 0 Å². The highest BCUT2D eigenvalue weighted by Gasteiger charge is 2.22. The fraction of sp³-hybridized carbons (Fsp3) is 0.500. The number of carbonyl (C=O) groups excluding carboxylic acids is 1. The van der Waals surface area contributed by atoms with Crippen LogP contribution in [0.5, 0.6) is 0 Å². The lowest BCUT2D eigenvalue weighted by molar-refractivity contribution is -0.123. The molecule has 0 fully saturated rings. The van der Waals surface area contributed by atoms with E-state index in [1.54, 1.807) is 19.3 Å². The molecule has 0 aliphatic carbocycles. The second kappa shape index (κ2) is 5.07. The van der Waals surface area contributed by atoms with Gasteiger partial charge in [0.25, 0.3) is 0 Å². The molecule has 0 spiro atoms. The summed E-state index contributed by atoms with van der Waals surface area (Å²) < 4.78 is 0. The zero-order valence-electron chi connectivity index (χ0n) is 10.0. The molecule has 0 saturated heterocycles. The SMILES string of the molecule is C[C@H](N)C(=O)NC(C)(C)Cc1ccncc1. The number of rotatable bonds is 4. The van der Waals surface area contributed by atoms with Crippen molar-refractivity contribution in [3.05, 3.63) is 30.1 Å². The van der Waals surface area contributed by atoms with Gasteiger partial charge in [0.1, 0.15) is 0 Å². The first-order valence-corrected chi connectivity index (χ1v) is 5.37. The molecule has 0 aromatic carbocycles. The van der Waals surface area contributed by atoms with Gasteiger partial charge in [-0.05, 0) is 44.9 Å². The van der Waals surface area contributed by atoms with Gasteiger partial charge >= 0.3 is 0 Å². The minimum atomic E-state index is -0.475. The van der Waals surface area contributed by atoms with Gasteiger partial charge in [-0.1, -0.05) is 0 Å². The molecule has 1 heterocycles.